The first-order chi connectivity index (χ1) is 8.14. The molecule has 1 heterocycles. The molecule has 1 aromatic heterocycles. The van der Waals surface area contributed by atoms with Gasteiger partial charge in [0.05, 0.1) is 0 Å². The zero-order valence-electron chi connectivity index (χ0n) is 11.0. The standard InChI is InChI=1S/C12H22N4O/c1-10-11(15-17-14-10)8-13-9-12(16(2)3)6-4-5-7-12/h13H,4-9H2,1-3H3. The molecule has 2 rings (SSSR count). The van der Waals surface area contributed by atoms with Crippen molar-refractivity contribution in [1.29, 1.82) is 0 Å². The van der Waals surface area contributed by atoms with Gasteiger partial charge < -0.3 is 10.2 Å². The number of nitrogens with one attached hydrogen (secondary N) is 1. The summed E-state index contributed by atoms with van der Waals surface area (Å²) in [7, 11) is 4.35. The molecule has 0 aliphatic heterocycles. The molecule has 0 unspecified atom stereocenters. The van der Waals surface area contributed by atoms with Crippen LogP contribution < -0.4 is 5.32 Å². The molecule has 0 saturated heterocycles. The van der Waals surface area contributed by atoms with Crippen LogP contribution in [0.25, 0.3) is 0 Å². The molecule has 0 aromatic carbocycles. The highest BCUT2D eigenvalue weighted by atomic mass is 16.6. The third-order valence-corrected chi connectivity index (χ3v) is 3.98. The minimum absolute atomic E-state index is 0.324. The van der Waals surface area contributed by atoms with Gasteiger partial charge in [-0.15, -0.1) is 0 Å². The van der Waals surface area contributed by atoms with Crippen molar-refractivity contribution in [1.82, 2.24) is 20.5 Å². The van der Waals surface area contributed by atoms with E-state index < -0.39 is 0 Å². The molecule has 0 amide bonds. The highest BCUT2D eigenvalue weighted by Crippen LogP contribution is 2.33. The molecule has 0 radical (unpaired) electrons. The van der Waals surface area contributed by atoms with Gasteiger partial charge >= 0.3 is 0 Å². The highest BCUT2D eigenvalue weighted by molar-refractivity contribution is 5.04. The van der Waals surface area contributed by atoms with Crippen molar-refractivity contribution in [3.05, 3.63) is 11.4 Å². The lowest BCUT2D eigenvalue weighted by atomic mass is 9.96. The molecule has 0 bridgehead atoms. The van der Waals surface area contributed by atoms with Gasteiger partial charge in [-0.3, -0.25) is 0 Å². The summed E-state index contributed by atoms with van der Waals surface area (Å²) in [6.07, 6.45) is 5.24. The topological polar surface area (TPSA) is 54.2 Å². The van der Waals surface area contributed by atoms with Gasteiger partial charge in [0, 0.05) is 18.6 Å². The van der Waals surface area contributed by atoms with E-state index in [4.69, 9.17) is 0 Å². The van der Waals surface area contributed by atoms with Crippen LogP contribution in [0.15, 0.2) is 4.63 Å². The summed E-state index contributed by atoms with van der Waals surface area (Å²) in [6, 6.07) is 0. The summed E-state index contributed by atoms with van der Waals surface area (Å²) >= 11 is 0. The van der Waals surface area contributed by atoms with Crippen LogP contribution in [-0.2, 0) is 6.54 Å². The van der Waals surface area contributed by atoms with Crippen LogP contribution in [0.4, 0.5) is 0 Å². The molecule has 1 fully saturated rings. The van der Waals surface area contributed by atoms with Crippen LogP contribution in [0.2, 0.25) is 0 Å². The fourth-order valence-corrected chi connectivity index (χ4v) is 2.64. The zero-order chi connectivity index (χ0) is 12.3. The minimum atomic E-state index is 0.324. The summed E-state index contributed by atoms with van der Waals surface area (Å²) in [5, 5.41) is 11.2. The summed E-state index contributed by atoms with van der Waals surface area (Å²) < 4.78 is 4.69. The smallest absolute Gasteiger partial charge is 0.121 e. The van der Waals surface area contributed by atoms with Crippen molar-refractivity contribution in [2.24, 2.45) is 0 Å². The monoisotopic (exact) mass is 238 g/mol. The molecule has 0 spiro atoms. The lowest BCUT2D eigenvalue weighted by Gasteiger charge is -2.36. The Bertz CT molecular complexity index is 355. The maximum Gasteiger partial charge on any atom is 0.121 e. The molecule has 1 aromatic rings. The Morgan fingerprint density at radius 1 is 1.29 bits per heavy atom. The predicted molar refractivity (Wildman–Crippen MR) is 65.6 cm³/mol. The van der Waals surface area contributed by atoms with Crippen LogP contribution in [0.5, 0.6) is 0 Å². The second kappa shape index (κ2) is 5.14. The van der Waals surface area contributed by atoms with Gasteiger partial charge in [-0.05, 0) is 33.9 Å². The Labute approximate surface area is 103 Å². The number of rotatable bonds is 5. The molecular formula is C12H22N4O. The van der Waals surface area contributed by atoms with Gasteiger partial charge in [0.25, 0.3) is 0 Å². The van der Waals surface area contributed by atoms with Crippen molar-refractivity contribution in [3.8, 4) is 0 Å². The average molecular weight is 238 g/mol. The first kappa shape index (κ1) is 12.5. The summed E-state index contributed by atoms with van der Waals surface area (Å²) in [5.74, 6) is 0. The number of likely N-dealkylation sites (N-methyl/N-ethyl adjacent to an activating group) is 1. The first-order valence-corrected chi connectivity index (χ1v) is 6.30. The van der Waals surface area contributed by atoms with Crippen LogP contribution >= 0.6 is 0 Å². The second-order valence-corrected chi connectivity index (χ2v) is 5.23. The van der Waals surface area contributed by atoms with E-state index in [1.54, 1.807) is 0 Å². The van der Waals surface area contributed by atoms with E-state index in [2.05, 4.69) is 39.3 Å². The van der Waals surface area contributed by atoms with E-state index in [0.29, 0.717) is 5.54 Å². The van der Waals surface area contributed by atoms with Gasteiger partial charge in [-0.2, -0.15) is 0 Å². The Morgan fingerprint density at radius 2 is 2.00 bits per heavy atom. The molecule has 1 aliphatic rings. The van der Waals surface area contributed by atoms with Gasteiger partial charge in [0.15, 0.2) is 0 Å². The third kappa shape index (κ3) is 2.66. The molecule has 1 aliphatic carbocycles. The maximum atomic E-state index is 4.69. The molecular weight excluding hydrogens is 216 g/mol. The third-order valence-electron chi connectivity index (χ3n) is 3.98. The number of aryl methyl sites for hydroxylation is 1. The fraction of sp³-hybridized carbons (Fsp3) is 0.833. The highest BCUT2D eigenvalue weighted by Gasteiger charge is 2.35. The van der Waals surface area contributed by atoms with E-state index in [1.165, 1.54) is 25.7 Å². The van der Waals surface area contributed by atoms with E-state index in [9.17, 15) is 0 Å². The van der Waals surface area contributed by atoms with Crippen molar-refractivity contribution >= 4 is 0 Å². The fourth-order valence-electron chi connectivity index (χ4n) is 2.64. The summed E-state index contributed by atoms with van der Waals surface area (Å²) in [5.41, 5.74) is 2.12. The molecule has 0 atom stereocenters. The largest absolute Gasteiger partial charge is 0.309 e. The first-order valence-electron chi connectivity index (χ1n) is 6.30. The lowest BCUT2D eigenvalue weighted by Crippen LogP contribution is -2.49. The van der Waals surface area contributed by atoms with Gasteiger partial charge in [0.1, 0.15) is 11.4 Å². The van der Waals surface area contributed by atoms with Crippen molar-refractivity contribution < 1.29 is 4.63 Å². The van der Waals surface area contributed by atoms with Crippen molar-refractivity contribution in [2.75, 3.05) is 20.6 Å². The predicted octanol–water partition coefficient (Wildman–Crippen LogP) is 1.34. The molecule has 5 nitrogen and oxygen atoms in total. The van der Waals surface area contributed by atoms with Crippen LogP contribution in [0.1, 0.15) is 37.1 Å². The number of aromatic nitrogens is 2. The van der Waals surface area contributed by atoms with Crippen molar-refractivity contribution in [2.45, 2.75) is 44.7 Å². The van der Waals surface area contributed by atoms with E-state index >= 15 is 0 Å². The van der Waals surface area contributed by atoms with Gasteiger partial charge in [-0.1, -0.05) is 23.2 Å². The van der Waals surface area contributed by atoms with Crippen molar-refractivity contribution in [3.63, 3.8) is 0 Å². The molecule has 1 saturated carbocycles. The van der Waals surface area contributed by atoms with Crippen LogP contribution in [-0.4, -0.2) is 41.4 Å². The Balaban J connectivity index is 1.86. The average Bonchev–Trinajstić information content (AvgIpc) is 2.90. The van der Waals surface area contributed by atoms with Gasteiger partial charge in [0.2, 0.25) is 0 Å². The lowest BCUT2D eigenvalue weighted by molar-refractivity contribution is 0.153. The molecule has 96 valence electrons. The Hall–Kier alpha value is -0.940. The minimum Gasteiger partial charge on any atom is -0.309 e. The number of nitrogens with zero attached hydrogens (tertiary/aromatic N) is 3. The van der Waals surface area contributed by atoms with E-state index in [1.807, 2.05) is 6.92 Å². The van der Waals surface area contributed by atoms with Crippen LogP contribution in [0, 0.1) is 6.92 Å². The molecule has 1 N–H and O–H groups in total. The van der Waals surface area contributed by atoms with E-state index in [0.717, 1.165) is 24.5 Å². The molecule has 5 heteroatoms. The summed E-state index contributed by atoms with van der Waals surface area (Å²) in [4.78, 5) is 2.36. The quantitative estimate of drug-likeness (QED) is 0.839. The second-order valence-electron chi connectivity index (χ2n) is 5.23. The zero-order valence-corrected chi connectivity index (χ0v) is 11.0. The maximum absolute atomic E-state index is 4.69. The normalized spacial score (nSPS) is 19.1. The van der Waals surface area contributed by atoms with E-state index in [-0.39, 0.29) is 0 Å². The number of hydrogen-bond acceptors (Lipinski definition) is 5. The van der Waals surface area contributed by atoms with Gasteiger partial charge in [-0.25, -0.2) is 4.63 Å². The summed E-state index contributed by atoms with van der Waals surface area (Å²) in [6.45, 7) is 3.67. The Kier molecular flexibility index (Phi) is 3.79. The number of hydrogen-bond donors (Lipinski definition) is 1. The Morgan fingerprint density at radius 3 is 2.53 bits per heavy atom. The SMILES string of the molecule is Cc1nonc1CNCC1(N(C)C)CCCC1. The van der Waals surface area contributed by atoms with Crippen LogP contribution in [0.3, 0.4) is 0 Å². The molecule has 17 heavy (non-hydrogen) atoms.